The zero-order valence-corrected chi connectivity index (χ0v) is 22.5. The summed E-state index contributed by atoms with van der Waals surface area (Å²) in [5.74, 6) is 0.751. The summed E-state index contributed by atoms with van der Waals surface area (Å²) in [5, 5.41) is 0. The lowest BCUT2D eigenvalue weighted by molar-refractivity contribution is 0.192. The van der Waals surface area contributed by atoms with Crippen molar-refractivity contribution in [2.45, 2.75) is 162 Å². The average molecular weight is 510 g/mol. The smallest absolute Gasteiger partial charge is 0.0182 e. The molecule has 1 unspecified atom stereocenters. The minimum atomic E-state index is 0. The van der Waals surface area contributed by atoms with Gasteiger partial charge in [0.25, 0.3) is 0 Å². The van der Waals surface area contributed by atoms with E-state index in [1.54, 1.807) is 0 Å². The Hall–Kier alpha value is 0.690. The van der Waals surface area contributed by atoms with Crippen molar-refractivity contribution in [2.75, 3.05) is 0 Å². The van der Waals surface area contributed by atoms with Gasteiger partial charge in [-0.15, -0.1) is 24.0 Å². The largest absolute Gasteiger partial charge is 0.325 e. The third-order valence-corrected chi connectivity index (χ3v) is 6.60. The van der Waals surface area contributed by atoms with Crippen molar-refractivity contribution < 1.29 is 0 Å². The molecule has 0 rings (SSSR count). The van der Waals surface area contributed by atoms with E-state index < -0.39 is 0 Å². The van der Waals surface area contributed by atoms with E-state index in [1.807, 2.05) is 0 Å². The van der Waals surface area contributed by atoms with Crippen molar-refractivity contribution in [1.29, 1.82) is 0 Å². The lowest BCUT2D eigenvalue weighted by Crippen LogP contribution is -2.47. The Morgan fingerprint density at radius 3 is 1.29 bits per heavy atom. The molecule has 1 nitrogen and oxygen atoms in total. The fourth-order valence-corrected chi connectivity index (χ4v) is 4.71. The van der Waals surface area contributed by atoms with E-state index in [9.17, 15) is 0 Å². The number of hydrogen-bond donors (Lipinski definition) is 1. The van der Waals surface area contributed by atoms with Crippen LogP contribution in [0.25, 0.3) is 0 Å². The van der Waals surface area contributed by atoms with Gasteiger partial charge in [0.05, 0.1) is 0 Å². The van der Waals surface area contributed by atoms with E-state index in [2.05, 4.69) is 27.7 Å². The van der Waals surface area contributed by atoms with Crippen LogP contribution in [0.5, 0.6) is 0 Å². The molecule has 28 heavy (non-hydrogen) atoms. The molecule has 0 bridgehead atoms. The summed E-state index contributed by atoms with van der Waals surface area (Å²) in [6.07, 6.45) is 27.3. The minimum Gasteiger partial charge on any atom is -0.325 e. The predicted molar refractivity (Wildman–Crippen MR) is 141 cm³/mol. The van der Waals surface area contributed by atoms with E-state index in [4.69, 9.17) is 5.73 Å². The van der Waals surface area contributed by atoms with Gasteiger partial charge in [-0.2, -0.15) is 0 Å². The zero-order valence-electron chi connectivity index (χ0n) is 20.2. The number of nitrogens with two attached hydrogens (primary N) is 1. The van der Waals surface area contributed by atoms with Crippen LogP contribution < -0.4 is 5.73 Å². The van der Waals surface area contributed by atoms with Gasteiger partial charge in [0.2, 0.25) is 0 Å². The topological polar surface area (TPSA) is 26.0 Å². The van der Waals surface area contributed by atoms with Crippen molar-refractivity contribution in [1.82, 2.24) is 0 Å². The minimum absolute atomic E-state index is 0. The number of rotatable bonds is 21. The molecule has 2 N–H and O–H groups in total. The van der Waals surface area contributed by atoms with Crippen molar-refractivity contribution in [3.05, 3.63) is 0 Å². The second kappa shape index (κ2) is 22.4. The van der Waals surface area contributed by atoms with Crippen LogP contribution in [0.4, 0.5) is 0 Å². The van der Waals surface area contributed by atoms with Crippen molar-refractivity contribution in [3.8, 4) is 0 Å². The van der Waals surface area contributed by atoms with Gasteiger partial charge in [-0.05, 0) is 31.6 Å². The van der Waals surface area contributed by atoms with E-state index in [1.165, 1.54) is 128 Å². The molecule has 0 spiro atoms. The lowest BCUT2D eigenvalue weighted by atomic mass is 9.72. The number of unbranched alkanes of at least 4 members (excludes halogenated alkanes) is 12. The Kier molecular flexibility index (Phi) is 24.7. The van der Waals surface area contributed by atoms with Crippen molar-refractivity contribution in [2.24, 2.45) is 11.7 Å². The molecule has 0 aliphatic rings. The van der Waals surface area contributed by atoms with Crippen molar-refractivity contribution in [3.63, 3.8) is 0 Å². The molecule has 0 aromatic rings. The lowest BCUT2D eigenvalue weighted by Gasteiger charge is -2.39. The summed E-state index contributed by atoms with van der Waals surface area (Å²) in [6.45, 7) is 9.27. The van der Waals surface area contributed by atoms with E-state index >= 15 is 0 Å². The van der Waals surface area contributed by atoms with Gasteiger partial charge in [0.15, 0.2) is 0 Å². The van der Waals surface area contributed by atoms with Gasteiger partial charge in [-0.25, -0.2) is 0 Å². The first-order valence-electron chi connectivity index (χ1n) is 12.9. The molecule has 0 heterocycles. The van der Waals surface area contributed by atoms with Crippen LogP contribution in [0.3, 0.4) is 0 Å². The highest BCUT2D eigenvalue weighted by atomic mass is 127. The maximum Gasteiger partial charge on any atom is 0.0182 e. The van der Waals surface area contributed by atoms with Gasteiger partial charge in [-0.1, -0.05) is 130 Å². The van der Waals surface area contributed by atoms with Crippen LogP contribution in [0.15, 0.2) is 0 Å². The second-order valence-electron chi connectivity index (χ2n) is 9.25. The van der Waals surface area contributed by atoms with Gasteiger partial charge in [0.1, 0.15) is 0 Å². The molecular formula is C26H56IN. The van der Waals surface area contributed by atoms with E-state index in [0.717, 1.165) is 5.92 Å². The van der Waals surface area contributed by atoms with Crippen molar-refractivity contribution >= 4 is 24.0 Å². The summed E-state index contributed by atoms with van der Waals surface area (Å²) >= 11 is 0. The van der Waals surface area contributed by atoms with Crippen LogP contribution in [0.1, 0.15) is 156 Å². The van der Waals surface area contributed by atoms with Gasteiger partial charge >= 0.3 is 0 Å². The molecule has 0 saturated heterocycles. The Morgan fingerprint density at radius 1 is 0.500 bits per heavy atom. The molecule has 0 aliphatic heterocycles. The summed E-state index contributed by atoms with van der Waals surface area (Å²) in [7, 11) is 0. The Bertz CT molecular complexity index is 278. The third kappa shape index (κ3) is 16.5. The number of hydrogen-bond acceptors (Lipinski definition) is 1. The molecule has 1 atom stereocenters. The van der Waals surface area contributed by atoms with Crippen LogP contribution >= 0.6 is 24.0 Å². The maximum atomic E-state index is 7.20. The summed E-state index contributed by atoms with van der Waals surface area (Å²) < 4.78 is 0. The SMILES string of the molecule is CCCCCCCC(CCC)C(N)(CCCCCCC)CCCCCCC.I. The molecule has 0 fully saturated rings. The van der Waals surface area contributed by atoms with Gasteiger partial charge < -0.3 is 5.73 Å². The molecule has 0 aromatic heterocycles. The first kappa shape index (κ1) is 30.9. The Labute approximate surface area is 196 Å². The normalized spacial score (nSPS) is 12.8. The molecule has 0 saturated carbocycles. The zero-order chi connectivity index (χ0) is 20.2. The number of halogens is 1. The van der Waals surface area contributed by atoms with E-state index in [0.29, 0.717) is 0 Å². The second-order valence-corrected chi connectivity index (χ2v) is 9.25. The molecular weight excluding hydrogens is 453 g/mol. The first-order chi connectivity index (χ1) is 13.1. The first-order valence-corrected chi connectivity index (χ1v) is 12.9. The highest BCUT2D eigenvalue weighted by molar-refractivity contribution is 14.0. The quantitative estimate of drug-likeness (QED) is 0.121. The summed E-state index contributed by atoms with van der Waals surface area (Å²) in [4.78, 5) is 0. The van der Waals surface area contributed by atoms with Crippen LogP contribution in [0, 0.1) is 5.92 Å². The molecule has 0 amide bonds. The molecule has 0 aliphatic carbocycles. The van der Waals surface area contributed by atoms with Crippen LogP contribution in [-0.2, 0) is 0 Å². The average Bonchev–Trinajstić information content (AvgIpc) is 2.66. The summed E-state index contributed by atoms with van der Waals surface area (Å²) in [6, 6.07) is 0. The standard InChI is InChI=1S/C26H55N.HI/c1-5-9-12-15-18-22-25(21-8-4)26(27,23-19-16-13-10-6-2)24-20-17-14-11-7-3;/h25H,5-24,27H2,1-4H3;1H. The van der Waals surface area contributed by atoms with Gasteiger partial charge in [0, 0.05) is 5.54 Å². The van der Waals surface area contributed by atoms with Crippen LogP contribution in [0.2, 0.25) is 0 Å². The van der Waals surface area contributed by atoms with Crippen LogP contribution in [-0.4, -0.2) is 5.54 Å². The maximum absolute atomic E-state index is 7.20. The molecule has 2 heteroatoms. The third-order valence-electron chi connectivity index (χ3n) is 6.60. The fourth-order valence-electron chi connectivity index (χ4n) is 4.71. The summed E-state index contributed by atoms with van der Waals surface area (Å²) in [5.41, 5.74) is 7.31. The Balaban J connectivity index is 0. The molecule has 0 aromatic carbocycles. The molecule has 172 valence electrons. The highest BCUT2D eigenvalue weighted by Crippen LogP contribution is 2.34. The highest BCUT2D eigenvalue weighted by Gasteiger charge is 2.32. The van der Waals surface area contributed by atoms with E-state index in [-0.39, 0.29) is 29.5 Å². The predicted octanol–water partition coefficient (Wildman–Crippen LogP) is 9.80. The molecule has 0 radical (unpaired) electrons. The van der Waals surface area contributed by atoms with Gasteiger partial charge in [-0.3, -0.25) is 0 Å². The fraction of sp³-hybridized carbons (Fsp3) is 1.00. The monoisotopic (exact) mass is 509 g/mol. The Morgan fingerprint density at radius 2 is 0.893 bits per heavy atom.